The molecule has 0 bridgehead atoms. The molecule has 0 fully saturated rings. The third kappa shape index (κ3) is 2.72. The molecule has 3 aromatic rings. The first-order valence-electron chi connectivity index (χ1n) is 6.78. The number of aromatic hydroxyl groups is 1. The van der Waals surface area contributed by atoms with E-state index in [4.69, 9.17) is 0 Å². The van der Waals surface area contributed by atoms with Gasteiger partial charge in [0.1, 0.15) is 5.75 Å². The summed E-state index contributed by atoms with van der Waals surface area (Å²) in [6.45, 7) is 0.433. The van der Waals surface area contributed by atoms with Crippen molar-refractivity contribution in [3.63, 3.8) is 0 Å². The summed E-state index contributed by atoms with van der Waals surface area (Å²) in [5, 5.41) is 14.5. The number of benzene rings is 3. The van der Waals surface area contributed by atoms with E-state index < -0.39 is 0 Å². The fraction of sp³-hybridized carbons (Fsp3) is 0.0556. The zero-order valence-electron chi connectivity index (χ0n) is 11.4. The summed E-state index contributed by atoms with van der Waals surface area (Å²) in [7, 11) is 0. The molecule has 3 nitrogen and oxygen atoms in total. The molecule has 0 aromatic heterocycles. The summed E-state index contributed by atoms with van der Waals surface area (Å²) in [5.41, 5.74) is 1.34. The summed E-state index contributed by atoms with van der Waals surface area (Å²) in [5.74, 6) is -0.271. The van der Waals surface area contributed by atoms with E-state index in [1.165, 1.54) is 0 Å². The van der Waals surface area contributed by atoms with Gasteiger partial charge in [0, 0.05) is 6.54 Å². The van der Waals surface area contributed by atoms with Crippen LogP contribution in [-0.4, -0.2) is 11.0 Å². The summed E-state index contributed by atoms with van der Waals surface area (Å²) < 4.78 is 0. The number of fused-ring (bicyclic) bond motifs is 1. The Morgan fingerprint density at radius 3 is 2.43 bits per heavy atom. The number of hydrogen-bond donors (Lipinski definition) is 2. The van der Waals surface area contributed by atoms with E-state index in [-0.39, 0.29) is 11.7 Å². The highest BCUT2D eigenvalue weighted by molar-refractivity contribution is 6.09. The van der Waals surface area contributed by atoms with Crippen LogP contribution in [0.15, 0.2) is 66.7 Å². The van der Waals surface area contributed by atoms with Crippen molar-refractivity contribution in [1.29, 1.82) is 0 Å². The second-order valence-corrected chi connectivity index (χ2v) is 4.85. The predicted octanol–water partition coefficient (Wildman–Crippen LogP) is 3.48. The summed E-state index contributed by atoms with van der Waals surface area (Å²) in [6.07, 6.45) is 0. The van der Waals surface area contributed by atoms with Crippen molar-refractivity contribution in [2.45, 2.75) is 6.54 Å². The van der Waals surface area contributed by atoms with Gasteiger partial charge in [0.25, 0.3) is 5.91 Å². The van der Waals surface area contributed by atoms with Gasteiger partial charge < -0.3 is 10.4 Å². The Kier molecular flexibility index (Phi) is 3.56. The topological polar surface area (TPSA) is 49.3 Å². The van der Waals surface area contributed by atoms with Gasteiger partial charge >= 0.3 is 0 Å². The van der Waals surface area contributed by atoms with Crippen LogP contribution in [0.5, 0.6) is 5.75 Å². The van der Waals surface area contributed by atoms with Gasteiger partial charge in [-0.25, -0.2) is 0 Å². The second-order valence-electron chi connectivity index (χ2n) is 4.85. The molecule has 0 aliphatic heterocycles. The highest BCUT2D eigenvalue weighted by Crippen LogP contribution is 2.26. The molecule has 3 heteroatoms. The molecule has 0 unspecified atom stereocenters. The van der Waals surface area contributed by atoms with Crippen LogP contribution in [-0.2, 0) is 6.54 Å². The van der Waals surface area contributed by atoms with Gasteiger partial charge in [0.2, 0.25) is 0 Å². The summed E-state index contributed by atoms with van der Waals surface area (Å²) in [6, 6.07) is 20.6. The Balaban J connectivity index is 1.89. The van der Waals surface area contributed by atoms with E-state index >= 15 is 0 Å². The number of phenols is 1. The number of carbonyl (C=O) groups is 1. The van der Waals surface area contributed by atoms with Crippen molar-refractivity contribution in [3.05, 3.63) is 77.9 Å². The van der Waals surface area contributed by atoms with Crippen LogP contribution in [0.25, 0.3) is 10.8 Å². The molecular weight excluding hydrogens is 262 g/mol. The van der Waals surface area contributed by atoms with Crippen LogP contribution >= 0.6 is 0 Å². The van der Waals surface area contributed by atoms with Gasteiger partial charge in [-0.1, -0.05) is 60.7 Å². The predicted molar refractivity (Wildman–Crippen MR) is 83.2 cm³/mol. The lowest BCUT2D eigenvalue weighted by molar-refractivity contribution is 0.0950. The van der Waals surface area contributed by atoms with Crippen LogP contribution in [0.3, 0.4) is 0 Å². The zero-order valence-corrected chi connectivity index (χ0v) is 11.4. The van der Waals surface area contributed by atoms with Gasteiger partial charge in [-0.3, -0.25) is 4.79 Å². The maximum Gasteiger partial charge on any atom is 0.255 e. The Morgan fingerprint density at radius 1 is 0.905 bits per heavy atom. The van der Waals surface area contributed by atoms with Gasteiger partial charge in [0.05, 0.1) is 5.56 Å². The number of carbonyl (C=O) groups excluding carboxylic acids is 1. The minimum absolute atomic E-state index is 0.000684. The van der Waals surface area contributed by atoms with Crippen LogP contribution in [0, 0.1) is 0 Å². The lowest BCUT2D eigenvalue weighted by Crippen LogP contribution is -2.23. The first-order chi connectivity index (χ1) is 10.3. The Hall–Kier alpha value is -2.81. The number of hydrogen-bond acceptors (Lipinski definition) is 2. The number of nitrogens with one attached hydrogen (secondary N) is 1. The van der Waals surface area contributed by atoms with Crippen molar-refractivity contribution in [3.8, 4) is 5.75 Å². The molecule has 1 amide bonds. The van der Waals surface area contributed by atoms with Crippen LogP contribution in [0.2, 0.25) is 0 Å². The van der Waals surface area contributed by atoms with E-state index in [9.17, 15) is 9.90 Å². The SMILES string of the molecule is O=C(NCc1ccccc1)c1c(O)ccc2ccccc12. The molecule has 0 aliphatic rings. The van der Waals surface area contributed by atoms with E-state index in [1.54, 1.807) is 12.1 Å². The molecule has 0 saturated carbocycles. The number of rotatable bonds is 3. The van der Waals surface area contributed by atoms with Crippen LogP contribution in [0.4, 0.5) is 0 Å². The Morgan fingerprint density at radius 2 is 1.62 bits per heavy atom. The largest absolute Gasteiger partial charge is 0.507 e. The molecule has 21 heavy (non-hydrogen) atoms. The first kappa shape index (κ1) is 13.2. The average molecular weight is 277 g/mol. The van der Waals surface area contributed by atoms with Gasteiger partial charge in [0.15, 0.2) is 0 Å². The molecule has 3 rings (SSSR count). The molecule has 104 valence electrons. The number of amides is 1. The van der Waals surface area contributed by atoms with Crippen LogP contribution in [0.1, 0.15) is 15.9 Å². The summed E-state index contributed by atoms with van der Waals surface area (Å²) in [4.78, 5) is 12.4. The molecule has 0 spiro atoms. The molecule has 0 aliphatic carbocycles. The highest BCUT2D eigenvalue weighted by Gasteiger charge is 2.14. The van der Waals surface area contributed by atoms with Crippen molar-refractivity contribution in [2.24, 2.45) is 0 Å². The fourth-order valence-electron chi connectivity index (χ4n) is 2.37. The monoisotopic (exact) mass is 277 g/mol. The normalized spacial score (nSPS) is 10.5. The average Bonchev–Trinajstić information content (AvgIpc) is 2.53. The Labute approximate surface area is 122 Å². The van der Waals surface area contributed by atoms with E-state index in [1.807, 2.05) is 54.6 Å². The first-order valence-corrected chi connectivity index (χ1v) is 6.78. The Bertz CT molecular complexity index is 782. The third-order valence-corrected chi connectivity index (χ3v) is 3.43. The lowest BCUT2D eigenvalue weighted by Gasteiger charge is -2.10. The molecule has 0 radical (unpaired) electrons. The van der Waals surface area contributed by atoms with E-state index in [0.717, 1.165) is 16.3 Å². The van der Waals surface area contributed by atoms with Crippen molar-refractivity contribution < 1.29 is 9.90 Å². The molecule has 2 N–H and O–H groups in total. The molecular formula is C18H15NO2. The van der Waals surface area contributed by atoms with Crippen molar-refractivity contribution >= 4 is 16.7 Å². The maximum atomic E-state index is 12.4. The lowest BCUT2D eigenvalue weighted by atomic mass is 10.0. The fourth-order valence-corrected chi connectivity index (χ4v) is 2.37. The second kappa shape index (κ2) is 5.67. The highest BCUT2D eigenvalue weighted by atomic mass is 16.3. The quantitative estimate of drug-likeness (QED) is 0.770. The maximum absolute atomic E-state index is 12.4. The molecule has 3 aromatic carbocycles. The smallest absolute Gasteiger partial charge is 0.255 e. The van der Waals surface area contributed by atoms with Gasteiger partial charge in [-0.15, -0.1) is 0 Å². The van der Waals surface area contributed by atoms with Gasteiger partial charge in [-0.05, 0) is 22.4 Å². The zero-order chi connectivity index (χ0) is 14.7. The third-order valence-electron chi connectivity index (χ3n) is 3.43. The van der Waals surface area contributed by atoms with E-state index in [0.29, 0.717) is 12.1 Å². The van der Waals surface area contributed by atoms with Crippen molar-refractivity contribution in [1.82, 2.24) is 5.32 Å². The number of phenolic OH excluding ortho intramolecular Hbond substituents is 1. The van der Waals surface area contributed by atoms with Crippen LogP contribution < -0.4 is 5.32 Å². The van der Waals surface area contributed by atoms with E-state index in [2.05, 4.69) is 5.32 Å². The molecule has 0 atom stereocenters. The summed E-state index contributed by atoms with van der Waals surface area (Å²) >= 11 is 0. The minimum Gasteiger partial charge on any atom is -0.507 e. The van der Waals surface area contributed by atoms with Gasteiger partial charge in [-0.2, -0.15) is 0 Å². The standard InChI is InChI=1S/C18H15NO2/c20-16-11-10-14-8-4-5-9-15(14)17(16)18(21)19-12-13-6-2-1-3-7-13/h1-11,20H,12H2,(H,19,21). The van der Waals surface area contributed by atoms with Crippen molar-refractivity contribution in [2.75, 3.05) is 0 Å². The minimum atomic E-state index is -0.270. The molecule has 0 heterocycles. The molecule has 0 saturated heterocycles.